The Hall–Kier alpha value is -0.610. The minimum absolute atomic E-state index is 0.0180. The minimum atomic E-state index is -0.0854. The molecule has 1 amide bonds. The van der Waals surface area contributed by atoms with E-state index in [1.54, 1.807) is 0 Å². The molecule has 0 saturated carbocycles. The van der Waals surface area contributed by atoms with Gasteiger partial charge in [-0.25, -0.2) is 0 Å². The van der Waals surface area contributed by atoms with Gasteiger partial charge in [0.1, 0.15) is 0 Å². The van der Waals surface area contributed by atoms with E-state index in [1.807, 2.05) is 0 Å². The fourth-order valence-electron chi connectivity index (χ4n) is 2.33. The van der Waals surface area contributed by atoms with Crippen LogP contribution in [-0.2, 0) is 4.79 Å². The summed E-state index contributed by atoms with van der Waals surface area (Å²) in [6, 6.07) is 0.341. The molecule has 1 aliphatic heterocycles. The van der Waals surface area contributed by atoms with Crippen LogP contribution in [0, 0.1) is 5.41 Å². The van der Waals surface area contributed by atoms with Crippen molar-refractivity contribution in [3.63, 3.8) is 0 Å². The standard InChI is InChI=1S/C15H31N3O/c1-12(18-8-6-5-7-9-18)11-17-14(19)10-13(16)15(2,3)4/h12-13H,5-11,16H2,1-4H3,(H,17,19). The van der Waals surface area contributed by atoms with Gasteiger partial charge in [-0.3, -0.25) is 9.69 Å². The highest BCUT2D eigenvalue weighted by molar-refractivity contribution is 5.76. The van der Waals surface area contributed by atoms with Gasteiger partial charge in [-0.1, -0.05) is 27.2 Å². The Morgan fingerprint density at radius 2 is 1.84 bits per heavy atom. The van der Waals surface area contributed by atoms with E-state index >= 15 is 0 Å². The molecule has 4 nitrogen and oxygen atoms in total. The number of likely N-dealkylation sites (tertiary alicyclic amines) is 1. The van der Waals surface area contributed by atoms with Gasteiger partial charge in [-0.15, -0.1) is 0 Å². The number of nitrogens with two attached hydrogens (primary N) is 1. The number of amides is 1. The van der Waals surface area contributed by atoms with Gasteiger partial charge < -0.3 is 11.1 Å². The highest BCUT2D eigenvalue weighted by atomic mass is 16.1. The summed E-state index contributed by atoms with van der Waals surface area (Å²) in [4.78, 5) is 14.3. The fourth-order valence-corrected chi connectivity index (χ4v) is 2.33. The summed E-state index contributed by atoms with van der Waals surface area (Å²) in [5.41, 5.74) is 6.01. The largest absolute Gasteiger partial charge is 0.354 e. The molecule has 1 saturated heterocycles. The van der Waals surface area contributed by atoms with E-state index in [2.05, 4.69) is 37.9 Å². The molecule has 0 bridgehead atoms. The molecular formula is C15H31N3O. The van der Waals surface area contributed by atoms with Gasteiger partial charge >= 0.3 is 0 Å². The first-order valence-corrected chi connectivity index (χ1v) is 7.57. The van der Waals surface area contributed by atoms with Gasteiger partial charge in [0, 0.05) is 25.0 Å². The average molecular weight is 269 g/mol. The lowest BCUT2D eigenvalue weighted by Crippen LogP contribution is -2.46. The molecular weight excluding hydrogens is 238 g/mol. The normalized spacial score (nSPS) is 20.9. The van der Waals surface area contributed by atoms with Crippen LogP contribution in [0.25, 0.3) is 0 Å². The van der Waals surface area contributed by atoms with E-state index < -0.39 is 0 Å². The Kier molecular flexibility index (Phi) is 6.27. The molecule has 1 heterocycles. The molecule has 0 aliphatic carbocycles. The van der Waals surface area contributed by atoms with Crippen LogP contribution in [0.3, 0.4) is 0 Å². The zero-order valence-corrected chi connectivity index (χ0v) is 13.0. The van der Waals surface area contributed by atoms with E-state index in [1.165, 1.54) is 32.4 Å². The molecule has 0 aromatic heterocycles. The second-order valence-electron chi connectivity index (χ2n) is 6.93. The summed E-state index contributed by atoms with van der Waals surface area (Å²) >= 11 is 0. The first-order chi connectivity index (χ1) is 8.80. The van der Waals surface area contributed by atoms with E-state index in [0.717, 1.165) is 6.54 Å². The van der Waals surface area contributed by atoms with Crippen LogP contribution in [0.15, 0.2) is 0 Å². The zero-order valence-electron chi connectivity index (χ0n) is 13.0. The van der Waals surface area contributed by atoms with Gasteiger partial charge in [0.25, 0.3) is 0 Å². The van der Waals surface area contributed by atoms with Crippen LogP contribution in [-0.4, -0.2) is 42.5 Å². The molecule has 1 aliphatic rings. The lowest BCUT2D eigenvalue weighted by molar-refractivity contribution is -0.122. The summed E-state index contributed by atoms with van der Waals surface area (Å²) < 4.78 is 0. The number of carbonyl (C=O) groups is 1. The Bertz CT molecular complexity index is 280. The van der Waals surface area contributed by atoms with Crippen molar-refractivity contribution in [3.05, 3.63) is 0 Å². The Morgan fingerprint density at radius 1 is 1.26 bits per heavy atom. The maximum absolute atomic E-state index is 11.9. The van der Waals surface area contributed by atoms with Crippen molar-refractivity contribution < 1.29 is 4.79 Å². The third kappa shape index (κ3) is 5.91. The number of piperidine rings is 1. The SMILES string of the molecule is CC(CNC(=O)CC(N)C(C)(C)C)N1CCCCC1. The average Bonchev–Trinajstić information content (AvgIpc) is 2.35. The van der Waals surface area contributed by atoms with Crippen molar-refractivity contribution in [1.82, 2.24) is 10.2 Å². The highest BCUT2D eigenvalue weighted by Crippen LogP contribution is 2.19. The summed E-state index contributed by atoms with van der Waals surface area (Å²) in [5, 5.41) is 3.02. The quantitative estimate of drug-likeness (QED) is 0.799. The van der Waals surface area contributed by atoms with Crippen LogP contribution in [0.2, 0.25) is 0 Å². The molecule has 112 valence electrons. The van der Waals surface area contributed by atoms with E-state index in [9.17, 15) is 4.79 Å². The van der Waals surface area contributed by atoms with Gasteiger partial charge in [0.05, 0.1) is 0 Å². The van der Waals surface area contributed by atoms with E-state index in [0.29, 0.717) is 12.5 Å². The maximum Gasteiger partial charge on any atom is 0.221 e. The predicted octanol–water partition coefficient (Wildman–Crippen LogP) is 1.74. The first kappa shape index (κ1) is 16.4. The minimum Gasteiger partial charge on any atom is -0.354 e. The van der Waals surface area contributed by atoms with Crippen LogP contribution in [0.4, 0.5) is 0 Å². The lowest BCUT2D eigenvalue weighted by Gasteiger charge is -2.32. The topological polar surface area (TPSA) is 58.4 Å². The lowest BCUT2D eigenvalue weighted by atomic mass is 9.85. The first-order valence-electron chi connectivity index (χ1n) is 7.57. The van der Waals surface area contributed by atoms with E-state index in [4.69, 9.17) is 5.73 Å². The Balaban J connectivity index is 2.25. The molecule has 2 atom stereocenters. The summed E-state index contributed by atoms with van der Waals surface area (Å²) in [6.07, 6.45) is 4.33. The number of rotatable bonds is 5. The molecule has 0 radical (unpaired) electrons. The van der Waals surface area contributed by atoms with Crippen molar-refractivity contribution in [2.75, 3.05) is 19.6 Å². The second kappa shape index (κ2) is 7.25. The van der Waals surface area contributed by atoms with E-state index in [-0.39, 0.29) is 17.4 Å². The summed E-state index contributed by atoms with van der Waals surface area (Å²) in [6.45, 7) is 11.5. The van der Waals surface area contributed by atoms with Crippen molar-refractivity contribution in [2.24, 2.45) is 11.1 Å². The number of hydrogen-bond acceptors (Lipinski definition) is 3. The van der Waals surface area contributed by atoms with Gasteiger partial charge in [-0.2, -0.15) is 0 Å². The third-order valence-corrected chi connectivity index (χ3v) is 4.13. The Labute approximate surface area is 118 Å². The molecule has 1 fully saturated rings. The molecule has 4 heteroatoms. The number of nitrogens with one attached hydrogen (secondary N) is 1. The summed E-state index contributed by atoms with van der Waals surface area (Å²) in [7, 11) is 0. The fraction of sp³-hybridized carbons (Fsp3) is 0.933. The smallest absolute Gasteiger partial charge is 0.221 e. The van der Waals surface area contributed by atoms with Crippen LogP contribution in [0.1, 0.15) is 53.4 Å². The molecule has 0 aromatic carbocycles. The molecule has 19 heavy (non-hydrogen) atoms. The molecule has 3 N–H and O–H groups in total. The predicted molar refractivity (Wildman–Crippen MR) is 79.9 cm³/mol. The van der Waals surface area contributed by atoms with Gasteiger partial charge in [0.2, 0.25) is 5.91 Å². The van der Waals surface area contributed by atoms with Crippen LogP contribution < -0.4 is 11.1 Å². The van der Waals surface area contributed by atoms with Gasteiger partial charge in [-0.05, 0) is 38.3 Å². The van der Waals surface area contributed by atoms with Crippen LogP contribution in [0.5, 0.6) is 0 Å². The Morgan fingerprint density at radius 3 is 2.37 bits per heavy atom. The summed E-state index contributed by atoms with van der Waals surface area (Å²) in [5.74, 6) is 0.0753. The van der Waals surface area contributed by atoms with Crippen molar-refractivity contribution in [3.8, 4) is 0 Å². The van der Waals surface area contributed by atoms with Gasteiger partial charge in [0.15, 0.2) is 0 Å². The highest BCUT2D eigenvalue weighted by Gasteiger charge is 2.23. The zero-order chi connectivity index (χ0) is 14.5. The van der Waals surface area contributed by atoms with Crippen molar-refractivity contribution in [2.45, 2.75) is 65.5 Å². The van der Waals surface area contributed by atoms with Crippen molar-refractivity contribution >= 4 is 5.91 Å². The number of nitrogens with zero attached hydrogens (tertiary/aromatic N) is 1. The molecule has 0 aromatic rings. The molecule has 2 unspecified atom stereocenters. The van der Waals surface area contributed by atoms with Crippen molar-refractivity contribution in [1.29, 1.82) is 0 Å². The number of carbonyl (C=O) groups excluding carboxylic acids is 1. The second-order valence-corrected chi connectivity index (χ2v) is 6.93. The number of hydrogen-bond donors (Lipinski definition) is 2. The molecule has 1 rings (SSSR count). The monoisotopic (exact) mass is 269 g/mol. The third-order valence-electron chi connectivity index (χ3n) is 4.13. The van der Waals surface area contributed by atoms with Crippen LogP contribution >= 0.6 is 0 Å². The molecule has 0 spiro atoms. The maximum atomic E-state index is 11.9.